The summed E-state index contributed by atoms with van der Waals surface area (Å²) >= 11 is 5.73. The lowest BCUT2D eigenvalue weighted by molar-refractivity contribution is -0.385. The number of hydrogen-bond acceptors (Lipinski definition) is 4. The van der Waals surface area contributed by atoms with Crippen LogP contribution in [0.5, 0.6) is 5.75 Å². The normalized spacial score (nSPS) is 11.0. The number of nitrogens with zero attached hydrogens (tertiary/aromatic N) is 1. The monoisotopic (exact) mass is 360 g/mol. The molecular weight excluding hydrogens is 353 g/mol. The number of nitro benzene ring substituents is 1. The number of rotatable bonds is 4. The number of ether oxygens (including phenoxy) is 1. The van der Waals surface area contributed by atoms with Gasteiger partial charge in [-0.15, -0.1) is 13.2 Å². The van der Waals surface area contributed by atoms with Crippen LogP contribution >= 0.6 is 11.6 Å². The summed E-state index contributed by atoms with van der Waals surface area (Å²) in [6, 6.07) is 7.78. The van der Waals surface area contributed by atoms with Gasteiger partial charge in [0.2, 0.25) is 0 Å². The van der Waals surface area contributed by atoms with Crippen molar-refractivity contribution in [2.45, 2.75) is 6.36 Å². The number of hydrogen-bond donors (Lipinski definition) is 1. The number of amides is 1. The van der Waals surface area contributed by atoms with Crippen molar-refractivity contribution in [3.63, 3.8) is 0 Å². The van der Waals surface area contributed by atoms with Gasteiger partial charge in [-0.05, 0) is 36.4 Å². The van der Waals surface area contributed by atoms with Crippen LogP contribution in [0.2, 0.25) is 5.02 Å². The maximum atomic E-state index is 12.1. The average Bonchev–Trinajstić information content (AvgIpc) is 2.47. The SMILES string of the molecule is O=C(Nc1ccc(OC(F)(F)F)cc1)c1cc(Cl)ccc1[N+](=O)[O-]. The van der Waals surface area contributed by atoms with Crippen LogP contribution < -0.4 is 10.1 Å². The van der Waals surface area contributed by atoms with Crippen LogP contribution in [-0.4, -0.2) is 17.2 Å². The zero-order chi connectivity index (χ0) is 17.9. The maximum absolute atomic E-state index is 12.1. The molecule has 0 aliphatic carbocycles. The van der Waals surface area contributed by atoms with Gasteiger partial charge in [-0.1, -0.05) is 11.6 Å². The van der Waals surface area contributed by atoms with E-state index in [1.54, 1.807) is 0 Å². The number of alkyl halides is 3. The summed E-state index contributed by atoms with van der Waals surface area (Å²) in [4.78, 5) is 22.3. The van der Waals surface area contributed by atoms with Gasteiger partial charge < -0.3 is 10.1 Å². The minimum atomic E-state index is -4.83. The Kier molecular flexibility index (Phi) is 4.93. The summed E-state index contributed by atoms with van der Waals surface area (Å²) in [6.45, 7) is 0. The zero-order valence-electron chi connectivity index (χ0n) is 11.6. The summed E-state index contributed by atoms with van der Waals surface area (Å²) in [5, 5.41) is 13.4. The molecule has 24 heavy (non-hydrogen) atoms. The predicted molar refractivity (Wildman–Crippen MR) is 79.2 cm³/mol. The van der Waals surface area contributed by atoms with Crippen molar-refractivity contribution >= 4 is 28.9 Å². The van der Waals surface area contributed by atoms with Crippen molar-refractivity contribution in [2.24, 2.45) is 0 Å². The molecule has 0 aliphatic heterocycles. The molecule has 1 N–H and O–H groups in total. The Morgan fingerprint density at radius 3 is 2.33 bits per heavy atom. The fourth-order valence-electron chi connectivity index (χ4n) is 1.79. The van der Waals surface area contributed by atoms with Gasteiger partial charge in [-0.25, -0.2) is 0 Å². The number of benzene rings is 2. The van der Waals surface area contributed by atoms with E-state index < -0.39 is 28.6 Å². The van der Waals surface area contributed by atoms with Gasteiger partial charge in [0, 0.05) is 16.8 Å². The Hall–Kier alpha value is -2.81. The highest BCUT2D eigenvalue weighted by atomic mass is 35.5. The molecule has 1 amide bonds. The number of nitro groups is 1. The molecule has 10 heteroatoms. The van der Waals surface area contributed by atoms with Gasteiger partial charge in [-0.3, -0.25) is 14.9 Å². The molecule has 0 fully saturated rings. The number of carbonyl (C=O) groups is 1. The van der Waals surface area contributed by atoms with E-state index in [9.17, 15) is 28.1 Å². The molecule has 0 saturated heterocycles. The van der Waals surface area contributed by atoms with Crippen LogP contribution in [0.1, 0.15) is 10.4 Å². The molecular formula is C14H8ClF3N2O4. The topological polar surface area (TPSA) is 81.5 Å². The smallest absolute Gasteiger partial charge is 0.406 e. The number of nitrogens with one attached hydrogen (secondary N) is 1. The zero-order valence-corrected chi connectivity index (χ0v) is 12.4. The summed E-state index contributed by atoms with van der Waals surface area (Å²) < 4.78 is 39.9. The lowest BCUT2D eigenvalue weighted by Crippen LogP contribution is -2.17. The van der Waals surface area contributed by atoms with Crippen molar-refractivity contribution in [1.82, 2.24) is 0 Å². The largest absolute Gasteiger partial charge is 0.573 e. The summed E-state index contributed by atoms with van der Waals surface area (Å²) in [5.74, 6) is -1.29. The van der Waals surface area contributed by atoms with Crippen molar-refractivity contribution in [3.8, 4) is 5.75 Å². The molecule has 0 saturated carbocycles. The van der Waals surface area contributed by atoms with E-state index in [0.29, 0.717) is 0 Å². The van der Waals surface area contributed by atoms with E-state index in [0.717, 1.165) is 36.4 Å². The van der Waals surface area contributed by atoms with Crippen molar-refractivity contribution in [1.29, 1.82) is 0 Å². The van der Waals surface area contributed by atoms with Gasteiger partial charge in [-0.2, -0.15) is 0 Å². The Labute approximate surface area is 137 Å². The molecule has 2 rings (SSSR count). The van der Waals surface area contributed by atoms with E-state index in [1.165, 1.54) is 6.07 Å². The van der Waals surface area contributed by atoms with Crippen LogP contribution in [0.15, 0.2) is 42.5 Å². The standard InChI is InChI=1S/C14H8ClF3N2O4/c15-8-1-6-12(20(22)23)11(7-8)13(21)19-9-2-4-10(5-3-9)24-14(16,17)18/h1-7H,(H,19,21). The van der Waals surface area contributed by atoms with Crippen LogP contribution in [0.4, 0.5) is 24.5 Å². The van der Waals surface area contributed by atoms with Crippen molar-refractivity contribution in [2.75, 3.05) is 5.32 Å². The first kappa shape index (κ1) is 17.5. The second-order valence-electron chi connectivity index (χ2n) is 4.44. The van der Waals surface area contributed by atoms with E-state index >= 15 is 0 Å². The molecule has 0 heterocycles. The molecule has 0 unspecified atom stereocenters. The van der Waals surface area contributed by atoms with Gasteiger partial charge in [0.05, 0.1) is 4.92 Å². The average molecular weight is 361 g/mol. The minimum absolute atomic E-state index is 0.125. The van der Waals surface area contributed by atoms with E-state index in [2.05, 4.69) is 10.1 Å². The Morgan fingerprint density at radius 1 is 1.17 bits per heavy atom. The second-order valence-corrected chi connectivity index (χ2v) is 4.88. The molecule has 0 bridgehead atoms. The minimum Gasteiger partial charge on any atom is -0.406 e. The Bertz CT molecular complexity index is 779. The van der Waals surface area contributed by atoms with Crippen molar-refractivity contribution < 1.29 is 27.6 Å². The van der Waals surface area contributed by atoms with E-state index in [4.69, 9.17) is 11.6 Å². The molecule has 0 aliphatic rings. The molecule has 0 radical (unpaired) electrons. The molecule has 6 nitrogen and oxygen atoms in total. The number of carbonyl (C=O) groups excluding carboxylic acids is 1. The summed E-state index contributed by atoms with van der Waals surface area (Å²) in [6.07, 6.45) is -4.83. The predicted octanol–water partition coefficient (Wildman–Crippen LogP) is 4.40. The highest BCUT2D eigenvalue weighted by Crippen LogP contribution is 2.26. The van der Waals surface area contributed by atoms with E-state index in [-0.39, 0.29) is 16.3 Å². The highest BCUT2D eigenvalue weighted by molar-refractivity contribution is 6.31. The summed E-state index contributed by atoms with van der Waals surface area (Å²) in [7, 11) is 0. The molecule has 126 valence electrons. The van der Waals surface area contributed by atoms with Gasteiger partial charge >= 0.3 is 6.36 Å². The van der Waals surface area contributed by atoms with Gasteiger partial charge in [0.25, 0.3) is 11.6 Å². The maximum Gasteiger partial charge on any atom is 0.573 e. The molecule has 0 aromatic heterocycles. The molecule has 0 atom stereocenters. The highest BCUT2D eigenvalue weighted by Gasteiger charge is 2.31. The third-order valence-electron chi connectivity index (χ3n) is 2.75. The lowest BCUT2D eigenvalue weighted by Gasteiger charge is -2.10. The summed E-state index contributed by atoms with van der Waals surface area (Å²) in [5.41, 5.74) is -0.596. The lowest BCUT2D eigenvalue weighted by atomic mass is 10.1. The Morgan fingerprint density at radius 2 is 1.79 bits per heavy atom. The van der Waals surface area contributed by atoms with Crippen LogP contribution in [0.3, 0.4) is 0 Å². The van der Waals surface area contributed by atoms with Crippen LogP contribution in [-0.2, 0) is 0 Å². The third kappa shape index (κ3) is 4.59. The van der Waals surface area contributed by atoms with E-state index in [1.807, 2.05) is 0 Å². The quantitative estimate of drug-likeness (QED) is 0.647. The second kappa shape index (κ2) is 6.75. The van der Waals surface area contributed by atoms with Gasteiger partial charge in [0.15, 0.2) is 0 Å². The third-order valence-corrected chi connectivity index (χ3v) is 2.98. The Balaban J connectivity index is 2.18. The van der Waals surface area contributed by atoms with Crippen LogP contribution in [0, 0.1) is 10.1 Å². The van der Waals surface area contributed by atoms with Crippen molar-refractivity contribution in [3.05, 3.63) is 63.2 Å². The van der Waals surface area contributed by atoms with Gasteiger partial charge in [0.1, 0.15) is 11.3 Å². The molecule has 2 aromatic rings. The fraction of sp³-hybridized carbons (Fsp3) is 0.0714. The molecule has 2 aromatic carbocycles. The fourth-order valence-corrected chi connectivity index (χ4v) is 1.96. The first-order valence-electron chi connectivity index (χ1n) is 6.27. The molecule has 0 spiro atoms. The first-order valence-corrected chi connectivity index (χ1v) is 6.64. The number of halogens is 4. The van der Waals surface area contributed by atoms with Crippen LogP contribution in [0.25, 0.3) is 0 Å². The number of anilines is 1. The first-order chi connectivity index (χ1) is 11.2.